The highest BCUT2D eigenvalue weighted by Gasteiger charge is 2.31. The molecule has 0 aliphatic heterocycles. The van der Waals surface area contributed by atoms with Crippen LogP contribution in [0.4, 0.5) is 5.69 Å². The minimum Gasteiger partial charge on any atom is -0.398 e. The monoisotopic (exact) mass is 284 g/mol. The Morgan fingerprint density at radius 1 is 1.42 bits per heavy atom. The van der Waals surface area contributed by atoms with Gasteiger partial charge in [0.25, 0.3) is 0 Å². The van der Waals surface area contributed by atoms with Crippen LogP contribution in [0, 0.1) is 12.8 Å². The summed E-state index contributed by atoms with van der Waals surface area (Å²) in [4.78, 5) is 0.113. The second kappa shape index (κ2) is 5.48. The van der Waals surface area contributed by atoms with Crippen molar-refractivity contribution in [2.45, 2.75) is 37.1 Å². The molecule has 0 aromatic heterocycles. The molecule has 1 aromatic carbocycles. The molecule has 1 aromatic rings. The molecular weight excluding hydrogens is 264 g/mol. The van der Waals surface area contributed by atoms with Crippen LogP contribution in [-0.4, -0.2) is 26.2 Å². The summed E-state index contributed by atoms with van der Waals surface area (Å²) in [5, 5.41) is 9.24. The van der Waals surface area contributed by atoms with Gasteiger partial charge in [-0.1, -0.05) is 12.5 Å². The molecule has 2 atom stereocenters. The van der Waals surface area contributed by atoms with Gasteiger partial charge in [0.2, 0.25) is 10.0 Å². The molecule has 4 N–H and O–H groups in total. The molecule has 106 valence electrons. The van der Waals surface area contributed by atoms with Gasteiger partial charge in [0.15, 0.2) is 0 Å². The van der Waals surface area contributed by atoms with E-state index in [1.54, 1.807) is 12.1 Å². The van der Waals surface area contributed by atoms with Crippen molar-refractivity contribution in [2.24, 2.45) is 5.92 Å². The predicted octanol–water partition coefficient (Wildman–Crippen LogP) is 1.02. The molecule has 0 amide bonds. The molecule has 1 aliphatic carbocycles. The SMILES string of the molecule is Cc1ccc(S(=O)(=O)NC2CCCC2CO)c(N)c1. The van der Waals surface area contributed by atoms with E-state index in [1.807, 2.05) is 6.92 Å². The van der Waals surface area contributed by atoms with E-state index in [-0.39, 0.29) is 29.1 Å². The largest absolute Gasteiger partial charge is 0.398 e. The highest BCUT2D eigenvalue weighted by Crippen LogP contribution is 2.27. The number of nitrogens with two attached hydrogens (primary N) is 1. The Labute approximate surface area is 113 Å². The first-order valence-corrected chi connectivity index (χ1v) is 7.91. The summed E-state index contributed by atoms with van der Waals surface area (Å²) in [6, 6.07) is 4.70. The van der Waals surface area contributed by atoms with E-state index in [2.05, 4.69) is 4.72 Å². The lowest BCUT2D eigenvalue weighted by molar-refractivity contribution is 0.213. The fourth-order valence-corrected chi connectivity index (χ4v) is 4.04. The minimum atomic E-state index is -3.62. The first-order chi connectivity index (χ1) is 8.94. The van der Waals surface area contributed by atoms with Crippen LogP contribution < -0.4 is 10.5 Å². The molecule has 0 heterocycles. The summed E-state index contributed by atoms with van der Waals surface area (Å²) in [5.41, 5.74) is 6.96. The summed E-state index contributed by atoms with van der Waals surface area (Å²) < 4.78 is 27.3. The van der Waals surface area contributed by atoms with Crippen molar-refractivity contribution in [1.29, 1.82) is 0 Å². The molecule has 2 unspecified atom stereocenters. The van der Waals surface area contributed by atoms with Crippen molar-refractivity contribution < 1.29 is 13.5 Å². The van der Waals surface area contributed by atoms with Crippen molar-refractivity contribution in [3.05, 3.63) is 23.8 Å². The number of aliphatic hydroxyl groups excluding tert-OH is 1. The number of hydrogen-bond donors (Lipinski definition) is 3. The summed E-state index contributed by atoms with van der Waals surface area (Å²) >= 11 is 0. The molecule has 1 aliphatic rings. The third-order valence-corrected chi connectivity index (χ3v) is 5.22. The van der Waals surface area contributed by atoms with Crippen LogP contribution >= 0.6 is 0 Å². The average molecular weight is 284 g/mol. The quantitative estimate of drug-likeness (QED) is 0.720. The molecule has 0 radical (unpaired) electrons. The smallest absolute Gasteiger partial charge is 0.242 e. The zero-order valence-corrected chi connectivity index (χ0v) is 11.8. The summed E-state index contributed by atoms with van der Waals surface area (Å²) in [5.74, 6) is 0.00134. The minimum absolute atomic E-state index is 0.00134. The number of hydrogen-bond acceptors (Lipinski definition) is 4. The molecule has 2 rings (SSSR count). The van der Waals surface area contributed by atoms with Gasteiger partial charge in [0.1, 0.15) is 4.90 Å². The first kappa shape index (κ1) is 14.3. The predicted molar refractivity (Wildman–Crippen MR) is 74.1 cm³/mol. The van der Waals surface area contributed by atoms with Crippen molar-refractivity contribution in [2.75, 3.05) is 12.3 Å². The van der Waals surface area contributed by atoms with E-state index in [1.165, 1.54) is 6.07 Å². The Kier molecular flexibility index (Phi) is 4.13. The van der Waals surface area contributed by atoms with Crippen LogP contribution in [-0.2, 0) is 10.0 Å². The van der Waals surface area contributed by atoms with Crippen LogP contribution in [0.5, 0.6) is 0 Å². The molecule has 1 fully saturated rings. The highest BCUT2D eigenvalue weighted by atomic mass is 32.2. The van der Waals surface area contributed by atoms with E-state index < -0.39 is 10.0 Å². The zero-order chi connectivity index (χ0) is 14.0. The lowest BCUT2D eigenvalue weighted by Gasteiger charge is -2.19. The molecule has 0 spiro atoms. The van der Waals surface area contributed by atoms with Crippen molar-refractivity contribution in [3.63, 3.8) is 0 Å². The van der Waals surface area contributed by atoms with Gasteiger partial charge < -0.3 is 10.8 Å². The van der Waals surface area contributed by atoms with Gasteiger partial charge in [0.05, 0.1) is 5.69 Å². The Balaban J connectivity index is 2.23. The number of nitrogen functional groups attached to an aromatic ring is 1. The molecule has 1 saturated carbocycles. The van der Waals surface area contributed by atoms with Crippen LogP contribution in [0.15, 0.2) is 23.1 Å². The average Bonchev–Trinajstić information content (AvgIpc) is 2.74. The molecule has 19 heavy (non-hydrogen) atoms. The molecule has 6 heteroatoms. The van der Waals surface area contributed by atoms with Gasteiger partial charge in [0, 0.05) is 12.6 Å². The van der Waals surface area contributed by atoms with Crippen molar-refractivity contribution in [3.8, 4) is 0 Å². The maximum Gasteiger partial charge on any atom is 0.242 e. The number of rotatable bonds is 4. The first-order valence-electron chi connectivity index (χ1n) is 6.43. The van der Waals surface area contributed by atoms with E-state index in [0.717, 1.165) is 24.8 Å². The summed E-state index contributed by atoms with van der Waals surface area (Å²) in [6.45, 7) is 1.87. The lowest BCUT2D eigenvalue weighted by Crippen LogP contribution is -2.38. The third-order valence-electron chi connectivity index (χ3n) is 3.65. The van der Waals surface area contributed by atoms with E-state index in [4.69, 9.17) is 5.73 Å². The van der Waals surface area contributed by atoms with Crippen LogP contribution in [0.2, 0.25) is 0 Å². The van der Waals surface area contributed by atoms with Crippen LogP contribution in [0.1, 0.15) is 24.8 Å². The van der Waals surface area contributed by atoms with Crippen LogP contribution in [0.3, 0.4) is 0 Å². The van der Waals surface area contributed by atoms with Crippen molar-refractivity contribution >= 4 is 15.7 Å². The summed E-state index contributed by atoms with van der Waals surface area (Å²) in [7, 11) is -3.62. The van der Waals surface area contributed by atoms with Crippen molar-refractivity contribution in [1.82, 2.24) is 4.72 Å². The normalized spacial score (nSPS) is 23.7. The molecule has 0 saturated heterocycles. The third kappa shape index (κ3) is 3.08. The van der Waals surface area contributed by atoms with E-state index in [9.17, 15) is 13.5 Å². The fourth-order valence-electron chi connectivity index (χ4n) is 2.59. The maximum absolute atomic E-state index is 12.3. The number of aliphatic hydroxyl groups is 1. The Hall–Kier alpha value is -1.11. The van der Waals surface area contributed by atoms with Gasteiger partial charge >= 0.3 is 0 Å². The van der Waals surface area contributed by atoms with Gasteiger partial charge in [-0.15, -0.1) is 0 Å². The molecule has 0 bridgehead atoms. The second-order valence-corrected chi connectivity index (χ2v) is 6.83. The lowest BCUT2D eigenvalue weighted by atomic mass is 10.1. The second-order valence-electron chi connectivity index (χ2n) is 5.14. The van der Waals surface area contributed by atoms with Crippen LogP contribution in [0.25, 0.3) is 0 Å². The summed E-state index contributed by atoms with van der Waals surface area (Å²) in [6.07, 6.45) is 2.55. The number of aryl methyl sites for hydroxylation is 1. The Bertz CT molecular complexity index is 557. The standard InChI is InChI=1S/C13H20N2O3S/c1-9-5-6-13(11(14)7-9)19(17,18)15-12-4-2-3-10(12)8-16/h5-7,10,12,15-16H,2-4,8,14H2,1H3. The topological polar surface area (TPSA) is 92.4 Å². The van der Waals surface area contributed by atoms with Gasteiger partial charge in [-0.2, -0.15) is 0 Å². The fraction of sp³-hybridized carbons (Fsp3) is 0.538. The Morgan fingerprint density at radius 2 is 2.16 bits per heavy atom. The molecule has 5 nitrogen and oxygen atoms in total. The van der Waals surface area contributed by atoms with Gasteiger partial charge in [-0.25, -0.2) is 13.1 Å². The number of benzene rings is 1. The zero-order valence-electron chi connectivity index (χ0n) is 11.0. The number of sulfonamides is 1. The number of nitrogens with one attached hydrogen (secondary N) is 1. The molecular formula is C13H20N2O3S. The maximum atomic E-state index is 12.3. The highest BCUT2D eigenvalue weighted by molar-refractivity contribution is 7.89. The van der Waals surface area contributed by atoms with E-state index in [0.29, 0.717) is 0 Å². The van der Waals surface area contributed by atoms with Gasteiger partial charge in [-0.05, 0) is 43.4 Å². The van der Waals surface area contributed by atoms with E-state index >= 15 is 0 Å². The number of anilines is 1. The van der Waals surface area contributed by atoms with Gasteiger partial charge in [-0.3, -0.25) is 0 Å². The Morgan fingerprint density at radius 3 is 2.79 bits per heavy atom.